The Bertz CT molecular complexity index is 903. The van der Waals surface area contributed by atoms with Crippen LogP contribution in [0, 0.1) is 0 Å². The number of rotatable bonds is 4. The van der Waals surface area contributed by atoms with E-state index in [1.54, 1.807) is 0 Å². The standard InChI is InChI=1S/C31H48O2/c1-28(2,3)22-16-20(26(32)24(18-22)30(7,8)9)14-13-15-21-17-23(29(4,5)6)19-25(27(21)33)31(10,11)12/h16-19,32-33H,13-15H2,1-12H3. The summed E-state index contributed by atoms with van der Waals surface area (Å²) in [6.07, 6.45) is 2.43. The molecule has 0 spiro atoms. The van der Waals surface area contributed by atoms with Crippen molar-refractivity contribution in [1.82, 2.24) is 0 Å². The van der Waals surface area contributed by atoms with E-state index in [4.69, 9.17) is 0 Å². The van der Waals surface area contributed by atoms with Crippen LogP contribution in [0.4, 0.5) is 0 Å². The van der Waals surface area contributed by atoms with Crippen molar-refractivity contribution >= 4 is 0 Å². The van der Waals surface area contributed by atoms with Gasteiger partial charge in [0.2, 0.25) is 0 Å². The van der Waals surface area contributed by atoms with Crippen LogP contribution in [0.25, 0.3) is 0 Å². The van der Waals surface area contributed by atoms with Gasteiger partial charge in [-0.1, -0.05) is 107 Å². The summed E-state index contributed by atoms with van der Waals surface area (Å²) in [4.78, 5) is 0. The summed E-state index contributed by atoms with van der Waals surface area (Å²) in [7, 11) is 0. The molecule has 0 saturated heterocycles. The van der Waals surface area contributed by atoms with Crippen molar-refractivity contribution in [3.05, 3.63) is 57.6 Å². The summed E-state index contributed by atoms with van der Waals surface area (Å²) in [6.45, 7) is 26.3. The summed E-state index contributed by atoms with van der Waals surface area (Å²) < 4.78 is 0. The van der Waals surface area contributed by atoms with Crippen molar-refractivity contribution in [2.45, 2.75) is 124 Å². The lowest BCUT2D eigenvalue weighted by molar-refractivity contribution is 0.434. The van der Waals surface area contributed by atoms with Crippen LogP contribution < -0.4 is 0 Å². The van der Waals surface area contributed by atoms with E-state index in [0.29, 0.717) is 11.5 Å². The van der Waals surface area contributed by atoms with Crippen molar-refractivity contribution in [2.24, 2.45) is 0 Å². The zero-order valence-corrected chi connectivity index (χ0v) is 23.3. The van der Waals surface area contributed by atoms with Crippen LogP contribution in [0.2, 0.25) is 0 Å². The molecule has 2 heteroatoms. The summed E-state index contributed by atoms with van der Waals surface area (Å²) in [5.74, 6) is 0.858. The van der Waals surface area contributed by atoms with Gasteiger partial charge in [0, 0.05) is 0 Å². The molecule has 0 saturated carbocycles. The Morgan fingerprint density at radius 1 is 0.485 bits per heavy atom. The molecule has 0 atom stereocenters. The number of phenolic OH excluding ortho intramolecular Hbond substituents is 2. The number of phenols is 2. The largest absolute Gasteiger partial charge is 0.507 e. The summed E-state index contributed by atoms with van der Waals surface area (Å²) in [5, 5.41) is 22.2. The Hall–Kier alpha value is -1.96. The van der Waals surface area contributed by atoms with Gasteiger partial charge in [-0.25, -0.2) is 0 Å². The predicted octanol–water partition coefficient (Wildman–Crippen LogP) is 8.46. The van der Waals surface area contributed by atoms with E-state index in [1.807, 2.05) is 0 Å². The lowest BCUT2D eigenvalue weighted by Gasteiger charge is -2.28. The van der Waals surface area contributed by atoms with Crippen molar-refractivity contribution in [1.29, 1.82) is 0 Å². The van der Waals surface area contributed by atoms with Crippen molar-refractivity contribution in [3.8, 4) is 11.5 Å². The quantitative estimate of drug-likeness (QED) is 0.488. The van der Waals surface area contributed by atoms with Crippen LogP contribution in [0.15, 0.2) is 24.3 Å². The van der Waals surface area contributed by atoms with E-state index in [0.717, 1.165) is 41.5 Å². The second kappa shape index (κ2) is 9.01. The van der Waals surface area contributed by atoms with Crippen LogP contribution in [0.5, 0.6) is 11.5 Å². The van der Waals surface area contributed by atoms with Gasteiger partial charge < -0.3 is 10.2 Å². The molecule has 2 N–H and O–H groups in total. The van der Waals surface area contributed by atoms with E-state index >= 15 is 0 Å². The number of benzene rings is 2. The fourth-order valence-corrected chi connectivity index (χ4v) is 4.25. The first-order chi connectivity index (χ1) is 14.7. The van der Waals surface area contributed by atoms with Gasteiger partial charge in [-0.15, -0.1) is 0 Å². The monoisotopic (exact) mass is 452 g/mol. The third kappa shape index (κ3) is 6.55. The second-order valence-corrected chi connectivity index (χ2v) is 13.9. The van der Waals surface area contributed by atoms with Crippen LogP contribution in [-0.4, -0.2) is 10.2 Å². The van der Waals surface area contributed by atoms with Gasteiger partial charge in [0.15, 0.2) is 0 Å². The van der Waals surface area contributed by atoms with Gasteiger partial charge in [0.25, 0.3) is 0 Å². The SMILES string of the molecule is CC(C)(C)c1cc(CCCc2cc(C(C)(C)C)cc(C(C)(C)C)c2O)c(O)c(C(C)(C)C)c1. The number of hydrogen-bond acceptors (Lipinski definition) is 2. The van der Waals surface area contributed by atoms with Gasteiger partial charge >= 0.3 is 0 Å². The fourth-order valence-electron chi connectivity index (χ4n) is 4.25. The predicted molar refractivity (Wildman–Crippen MR) is 143 cm³/mol. The topological polar surface area (TPSA) is 40.5 Å². The first-order valence-electron chi connectivity index (χ1n) is 12.5. The number of aryl methyl sites for hydroxylation is 2. The molecular formula is C31H48O2. The molecule has 0 amide bonds. The van der Waals surface area contributed by atoms with Crippen LogP contribution >= 0.6 is 0 Å². The maximum atomic E-state index is 11.1. The highest BCUT2D eigenvalue weighted by Crippen LogP contribution is 2.40. The highest BCUT2D eigenvalue weighted by atomic mass is 16.3. The Kier molecular flexibility index (Phi) is 7.45. The summed E-state index contributed by atoms with van der Waals surface area (Å²) in [5.41, 5.74) is 6.34. The zero-order valence-electron chi connectivity index (χ0n) is 23.3. The second-order valence-electron chi connectivity index (χ2n) is 13.9. The Morgan fingerprint density at radius 3 is 1.03 bits per heavy atom. The molecule has 0 fully saturated rings. The minimum Gasteiger partial charge on any atom is -0.507 e. The normalized spacial score (nSPS) is 13.5. The molecule has 0 heterocycles. The third-order valence-electron chi connectivity index (χ3n) is 6.62. The molecule has 33 heavy (non-hydrogen) atoms. The minimum atomic E-state index is -0.124. The molecule has 2 rings (SSSR count). The van der Waals surface area contributed by atoms with E-state index in [-0.39, 0.29) is 21.7 Å². The smallest absolute Gasteiger partial charge is 0.122 e. The van der Waals surface area contributed by atoms with Gasteiger partial charge in [-0.3, -0.25) is 0 Å². The molecule has 2 nitrogen and oxygen atoms in total. The molecule has 184 valence electrons. The van der Waals surface area contributed by atoms with Gasteiger partial charge in [0.05, 0.1) is 0 Å². The van der Waals surface area contributed by atoms with Gasteiger partial charge in [-0.05, 0) is 74.3 Å². The van der Waals surface area contributed by atoms with Crippen molar-refractivity contribution < 1.29 is 10.2 Å². The molecular weight excluding hydrogens is 404 g/mol. The summed E-state index contributed by atoms with van der Waals surface area (Å²) >= 11 is 0. The molecule has 0 bridgehead atoms. The van der Waals surface area contributed by atoms with Crippen LogP contribution in [0.1, 0.15) is 123 Å². The average molecular weight is 453 g/mol. The summed E-state index contributed by atoms with van der Waals surface area (Å²) in [6, 6.07) is 8.70. The third-order valence-corrected chi connectivity index (χ3v) is 6.62. The maximum Gasteiger partial charge on any atom is 0.122 e. The number of hydrogen-bond donors (Lipinski definition) is 2. The molecule has 0 radical (unpaired) electrons. The Morgan fingerprint density at radius 2 is 0.788 bits per heavy atom. The molecule has 0 aliphatic heterocycles. The first-order valence-corrected chi connectivity index (χ1v) is 12.5. The van der Waals surface area contributed by atoms with E-state index in [9.17, 15) is 10.2 Å². The number of aromatic hydroxyl groups is 2. The molecule has 2 aromatic rings. The highest BCUT2D eigenvalue weighted by molar-refractivity contribution is 5.50. The van der Waals surface area contributed by atoms with Crippen LogP contribution in [-0.2, 0) is 34.5 Å². The Balaban J connectivity index is 2.43. The lowest BCUT2D eigenvalue weighted by Crippen LogP contribution is -2.18. The van der Waals surface area contributed by atoms with E-state index < -0.39 is 0 Å². The van der Waals surface area contributed by atoms with Gasteiger partial charge in [0.1, 0.15) is 11.5 Å². The Labute approximate surface area is 203 Å². The molecule has 2 aromatic carbocycles. The van der Waals surface area contributed by atoms with Gasteiger partial charge in [-0.2, -0.15) is 0 Å². The van der Waals surface area contributed by atoms with E-state index in [2.05, 4.69) is 107 Å². The average Bonchev–Trinajstić information content (AvgIpc) is 2.60. The molecule has 0 aliphatic carbocycles. The lowest BCUT2D eigenvalue weighted by atomic mass is 9.77. The zero-order chi connectivity index (χ0) is 25.6. The first kappa shape index (κ1) is 27.3. The molecule has 0 aliphatic rings. The van der Waals surface area contributed by atoms with Crippen molar-refractivity contribution in [3.63, 3.8) is 0 Å². The van der Waals surface area contributed by atoms with E-state index in [1.165, 1.54) is 11.1 Å². The van der Waals surface area contributed by atoms with Crippen molar-refractivity contribution in [2.75, 3.05) is 0 Å². The fraction of sp³-hybridized carbons (Fsp3) is 0.613. The molecule has 0 unspecified atom stereocenters. The van der Waals surface area contributed by atoms with Crippen LogP contribution in [0.3, 0.4) is 0 Å². The maximum absolute atomic E-state index is 11.1. The molecule has 0 aromatic heterocycles. The minimum absolute atomic E-state index is 0.0172. The highest BCUT2D eigenvalue weighted by Gasteiger charge is 2.26.